The molecule has 1 aromatic carbocycles. The molecule has 122 valence electrons. The van der Waals surface area contributed by atoms with Crippen LogP contribution in [0.1, 0.15) is 9.67 Å². The van der Waals surface area contributed by atoms with Gasteiger partial charge in [-0.15, -0.1) is 11.3 Å². The Morgan fingerprint density at radius 1 is 1.17 bits per heavy atom. The molecule has 10 heteroatoms. The fraction of sp³-hybridized carbons (Fsp3) is 0.0714. The van der Waals surface area contributed by atoms with E-state index in [2.05, 4.69) is 0 Å². The van der Waals surface area contributed by atoms with Gasteiger partial charge in [-0.25, -0.2) is 4.79 Å². The zero-order valence-electron chi connectivity index (χ0n) is 12.2. The zero-order chi connectivity index (χ0) is 17.4. The first-order chi connectivity index (χ1) is 11.4. The fourth-order valence-electron chi connectivity index (χ4n) is 2.39. The van der Waals surface area contributed by atoms with Crippen LogP contribution in [-0.4, -0.2) is 27.5 Å². The van der Waals surface area contributed by atoms with Crippen molar-refractivity contribution in [2.75, 3.05) is 7.11 Å². The van der Waals surface area contributed by atoms with Crippen molar-refractivity contribution in [2.24, 2.45) is 0 Å². The Hall–Kier alpha value is -3.27. The van der Waals surface area contributed by atoms with Crippen LogP contribution in [0.2, 0.25) is 0 Å². The molecule has 2 aromatic heterocycles. The molecular formula is C14H9N3O6S. The number of nitro groups is 2. The number of methoxy groups -OCH3 is 1. The van der Waals surface area contributed by atoms with Crippen molar-refractivity contribution in [3.8, 4) is 5.69 Å². The SMILES string of the molecule is COC(=O)c1sc2cc([N+](=O)[O-])cc([N+](=O)[O-])c2c1-n1cccc1. The van der Waals surface area contributed by atoms with Crippen LogP contribution in [0.3, 0.4) is 0 Å². The second kappa shape index (κ2) is 5.74. The lowest BCUT2D eigenvalue weighted by Gasteiger charge is -2.05. The van der Waals surface area contributed by atoms with Gasteiger partial charge in [0.2, 0.25) is 0 Å². The Labute approximate surface area is 138 Å². The summed E-state index contributed by atoms with van der Waals surface area (Å²) < 4.78 is 6.55. The number of nitrogens with zero attached hydrogens (tertiary/aromatic N) is 3. The van der Waals surface area contributed by atoms with Gasteiger partial charge in [-0.2, -0.15) is 0 Å². The predicted molar refractivity (Wildman–Crippen MR) is 85.8 cm³/mol. The second-order valence-electron chi connectivity index (χ2n) is 4.71. The smallest absolute Gasteiger partial charge is 0.350 e. The summed E-state index contributed by atoms with van der Waals surface area (Å²) in [5.74, 6) is -0.670. The monoisotopic (exact) mass is 347 g/mol. The predicted octanol–water partition coefficient (Wildman–Crippen LogP) is 3.30. The average Bonchev–Trinajstić information content (AvgIpc) is 3.19. The molecule has 0 aliphatic heterocycles. The molecule has 0 aliphatic rings. The van der Waals surface area contributed by atoms with E-state index in [4.69, 9.17) is 4.74 Å². The number of fused-ring (bicyclic) bond motifs is 1. The highest BCUT2D eigenvalue weighted by atomic mass is 32.1. The molecule has 0 unspecified atom stereocenters. The number of esters is 1. The first-order valence-corrected chi connectivity index (χ1v) is 7.36. The van der Waals surface area contributed by atoms with Crippen molar-refractivity contribution in [1.82, 2.24) is 4.57 Å². The minimum Gasteiger partial charge on any atom is -0.465 e. The zero-order valence-corrected chi connectivity index (χ0v) is 13.0. The summed E-state index contributed by atoms with van der Waals surface area (Å²) in [5.41, 5.74) is -0.575. The van der Waals surface area contributed by atoms with E-state index in [0.29, 0.717) is 0 Å². The molecule has 2 heterocycles. The van der Waals surface area contributed by atoms with E-state index in [-0.39, 0.29) is 20.7 Å². The van der Waals surface area contributed by atoms with Crippen molar-refractivity contribution in [2.45, 2.75) is 0 Å². The second-order valence-corrected chi connectivity index (χ2v) is 5.77. The van der Waals surface area contributed by atoms with Gasteiger partial charge >= 0.3 is 5.97 Å². The molecule has 3 aromatic rings. The van der Waals surface area contributed by atoms with E-state index < -0.39 is 27.2 Å². The number of non-ortho nitro benzene ring substituents is 2. The number of hydrogen-bond donors (Lipinski definition) is 0. The average molecular weight is 347 g/mol. The van der Waals surface area contributed by atoms with Crippen LogP contribution < -0.4 is 0 Å². The highest BCUT2D eigenvalue weighted by Gasteiger charge is 2.29. The number of nitro benzene ring substituents is 2. The Bertz CT molecular complexity index is 976. The van der Waals surface area contributed by atoms with Crippen LogP contribution in [0.5, 0.6) is 0 Å². The highest BCUT2D eigenvalue weighted by Crippen LogP contribution is 2.42. The number of carbonyl (C=O) groups excluding carboxylic acids is 1. The number of thiophene rings is 1. The molecular weight excluding hydrogens is 338 g/mol. The van der Waals surface area contributed by atoms with Gasteiger partial charge in [0.15, 0.2) is 0 Å². The van der Waals surface area contributed by atoms with Crippen LogP contribution >= 0.6 is 11.3 Å². The molecule has 9 nitrogen and oxygen atoms in total. The lowest BCUT2D eigenvalue weighted by molar-refractivity contribution is -0.393. The molecule has 0 spiro atoms. The number of rotatable bonds is 4. The summed E-state index contributed by atoms with van der Waals surface area (Å²) in [6, 6.07) is 5.50. The summed E-state index contributed by atoms with van der Waals surface area (Å²) in [6.07, 6.45) is 3.25. The highest BCUT2D eigenvalue weighted by molar-refractivity contribution is 7.21. The Morgan fingerprint density at radius 3 is 2.38 bits per heavy atom. The number of ether oxygens (including phenoxy) is 1. The van der Waals surface area contributed by atoms with Gasteiger partial charge in [0, 0.05) is 18.5 Å². The van der Waals surface area contributed by atoms with Crippen LogP contribution in [-0.2, 0) is 4.74 Å². The Balaban J connectivity index is 2.47. The van der Waals surface area contributed by atoms with Crippen molar-refractivity contribution < 1.29 is 19.4 Å². The summed E-state index contributed by atoms with van der Waals surface area (Å²) in [5, 5.41) is 22.6. The largest absolute Gasteiger partial charge is 0.465 e. The maximum atomic E-state index is 12.1. The van der Waals surface area contributed by atoms with Gasteiger partial charge in [0.25, 0.3) is 11.4 Å². The maximum Gasteiger partial charge on any atom is 0.350 e. The van der Waals surface area contributed by atoms with Crippen LogP contribution in [0.15, 0.2) is 36.7 Å². The standard InChI is InChI=1S/C14H9N3O6S/c1-23-14(18)13-12(15-4-2-3-5-15)11-9(17(21)22)6-8(16(19)20)7-10(11)24-13/h2-7H,1H3. The van der Waals surface area contributed by atoms with Gasteiger partial charge in [-0.1, -0.05) is 0 Å². The van der Waals surface area contributed by atoms with Gasteiger partial charge in [-0.05, 0) is 12.1 Å². The molecule has 0 fully saturated rings. The first-order valence-electron chi connectivity index (χ1n) is 6.55. The summed E-state index contributed by atoms with van der Waals surface area (Å²) in [4.78, 5) is 33.2. The van der Waals surface area contributed by atoms with Gasteiger partial charge in [0.05, 0.1) is 38.8 Å². The molecule has 0 saturated carbocycles. The lowest BCUT2D eigenvalue weighted by Crippen LogP contribution is -2.04. The van der Waals surface area contributed by atoms with Gasteiger partial charge in [-0.3, -0.25) is 20.2 Å². The van der Waals surface area contributed by atoms with Crippen LogP contribution in [0.4, 0.5) is 11.4 Å². The molecule has 24 heavy (non-hydrogen) atoms. The normalized spacial score (nSPS) is 10.7. The number of carbonyl (C=O) groups is 1. The third-order valence-electron chi connectivity index (χ3n) is 3.37. The molecule has 0 N–H and O–H groups in total. The first kappa shape index (κ1) is 15.6. The quantitative estimate of drug-likeness (QED) is 0.406. The lowest BCUT2D eigenvalue weighted by atomic mass is 10.1. The summed E-state index contributed by atoms with van der Waals surface area (Å²) in [6.45, 7) is 0. The van der Waals surface area contributed by atoms with Crippen LogP contribution in [0.25, 0.3) is 15.8 Å². The minimum atomic E-state index is -0.709. The van der Waals surface area contributed by atoms with E-state index in [1.165, 1.54) is 13.2 Å². The van der Waals surface area contributed by atoms with Crippen LogP contribution in [0, 0.1) is 20.2 Å². The minimum absolute atomic E-state index is 0.132. The molecule has 0 bridgehead atoms. The van der Waals surface area contributed by atoms with E-state index in [1.807, 2.05) is 0 Å². The maximum absolute atomic E-state index is 12.1. The van der Waals surface area contributed by atoms with Crippen molar-refractivity contribution >= 4 is 38.8 Å². The molecule has 0 saturated heterocycles. The van der Waals surface area contributed by atoms with E-state index in [9.17, 15) is 25.0 Å². The summed E-state index contributed by atoms with van der Waals surface area (Å²) in [7, 11) is 1.20. The Morgan fingerprint density at radius 2 is 1.83 bits per heavy atom. The van der Waals surface area contributed by atoms with Gasteiger partial charge in [0.1, 0.15) is 4.88 Å². The molecule has 0 atom stereocenters. The molecule has 0 radical (unpaired) electrons. The topological polar surface area (TPSA) is 118 Å². The van der Waals surface area contributed by atoms with E-state index in [1.54, 1.807) is 29.1 Å². The number of benzene rings is 1. The number of aromatic nitrogens is 1. The third-order valence-corrected chi connectivity index (χ3v) is 4.48. The summed E-state index contributed by atoms with van der Waals surface area (Å²) >= 11 is 0.914. The molecule has 0 aliphatic carbocycles. The van der Waals surface area contributed by atoms with Gasteiger partial charge < -0.3 is 9.30 Å². The molecule has 0 amide bonds. The fourth-order valence-corrected chi connectivity index (χ4v) is 3.56. The number of hydrogen-bond acceptors (Lipinski definition) is 7. The third kappa shape index (κ3) is 2.38. The Kier molecular flexibility index (Phi) is 3.73. The van der Waals surface area contributed by atoms with Crippen molar-refractivity contribution in [1.29, 1.82) is 0 Å². The van der Waals surface area contributed by atoms with Crippen molar-refractivity contribution in [3.63, 3.8) is 0 Å². The van der Waals surface area contributed by atoms with E-state index >= 15 is 0 Å². The van der Waals surface area contributed by atoms with E-state index in [0.717, 1.165) is 17.4 Å². The van der Waals surface area contributed by atoms with Crippen molar-refractivity contribution in [3.05, 3.63) is 61.8 Å². The molecule has 3 rings (SSSR count).